The summed E-state index contributed by atoms with van der Waals surface area (Å²) in [5.41, 5.74) is 1.53. The number of aromatic nitrogens is 3. The second-order valence-electron chi connectivity index (χ2n) is 7.24. The van der Waals surface area contributed by atoms with Crippen LogP contribution < -0.4 is 5.49 Å². The predicted octanol–water partition coefficient (Wildman–Crippen LogP) is 2.42. The molecule has 0 aromatic carbocycles. The number of nitrogens with zero attached hydrogens (tertiary/aromatic N) is 3. The van der Waals surface area contributed by atoms with Crippen LogP contribution in [0.4, 0.5) is 8.78 Å². The standard InChI is InChI=1S/C17H22F2N6/c1-2-10-5-11(24-8-17(18,19)9-24)6-12(10)15(21)25-13-3-4-22-16(13)23-7-14(25)20/h3-4,7,10-12,20-22H,2,5-6,8-9H2,1H3/t10-,11+,12+/m1/s1. The average molecular weight is 348 g/mol. The van der Waals surface area contributed by atoms with Crippen LogP contribution in [0.5, 0.6) is 0 Å². The van der Waals surface area contributed by atoms with Crippen LogP contribution in [0.25, 0.3) is 11.2 Å². The van der Waals surface area contributed by atoms with Crippen LogP contribution in [0.15, 0.2) is 18.5 Å². The first kappa shape index (κ1) is 16.4. The van der Waals surface area contributed by atoms with Gasteiger partial charge in [0, 0.05) is 18.2 Å². The second kappa shape index (κ2) is 5.72. The SMILES string of the molecule is CC[C@@H]1C[C@H](N2CC(F)(F)C2)C[C@@H]1C(=N)n1c(=N)cnc2[nH]ccc21. The van der Waals surface area contributed by atoms with E-state index in [9.17, 15) is 8.78 Å². The Kier molecular flexibility index (Phi) is 3.75. The van der Waals surface area contributed by atoms with E-state index < -0.39 is 5.92 Å². The zero-order chi connectivity index (χ0) is 17.8. The maximum Gasteiger partial charge on any atom is 0.272 e. The van der Waals surface area contributed by atoms with Crippen molar-refractivity contribution in [3.8, 4) is 0 Å². The summed E-state index contributed by atoms with van der Waals surface area (Å²) in [5.74, 6) is -1.93. The van der Waals surface area contributed by atoms with Gasteiger partial charge in [0.2, 0.25) is 0 Å². The number of hydrogen-bond donors (Lipinski definition) is 3. The Balaban J connectivity index is 1.61. The molecule has 1 saturated carbocycles. The summed E-state index contributed by atoms with van der Waals surface area (Å²) in [6.45, 7) is 1.76. The van der Waals surface area contributed by atoms with E-state index in [4.69, 9.17) is 10.8 Å². The third-order valence-electron chi connectivity index (χ3n) is 5.67. The lowest BCUT2D eigenvalue weighted by atomic mass is 9.92. The van der Waals surface area contributed by atoms with E-state index >= 15 is 0 Å². The predicted molar refractivity (Wildman–Crippen MR) is 89.9 cm³/mol. The number of H-pyrrole nitrogens is 1. The molecule has 25 heavy (non-hydrogen) atoms. The van der Waals surface area contributed by atoms with Gasteiger partial charge in [-0.05, 0) is 24.8 Å². The summed E-state index contributed by atoms with van der Waals surface area (Å²) in [6.07, 6.45) is 5.64. The van der Waals surface area contributed by atoms with Crippen molar-refractivity contribution in [1.29, 1.82) is 10.8 Å². The number of hydrogen-bond acceptors (Lipinski definition) is 4. The minimum atomic E-state index is -2.56. The molecule has 4 rings (SSSR count). The Morgan fingerprint density at radius 1 is 1.40 bits per heavy atom. The molecule has 0 bridgehead atoms. The summed E-state index contributed by atoms with van der Waals surface area (Å²) in [4.78, 5) is 9.04. The molecule has 1 saturated heterocycles. The van der Waals surface area contributed by atoms with Crippen molar-refractivity contribution in [3.63, 3.8) is 0 Å². The fourth-order valence-corrected chi connectivity index (χ4v) is 4.36. The van der Waals surface area contributed by atoms with Gasteiger partial charge < -0.3 is 4.98 Å². The van der Waals surface area contributed by atoms with Gasteiger partial charge in [-0.25, -0.2) is 13.8 Å². The smallest absolute Gasteiger partial charge is 0.272 e. The number of rotatable bonds is 3. The van der Waals surface area contributed by atoms with Crippen LogP contribution in [0.3, 0.4) is 0 Å². The molecule has 6 nitrogen and oxygen atoms in total. The third-order valence-corrected chi connectivity index (χ3v) is 5.67. The summed E-state index contributed by atoms with van der Waals surface area (Å²) in [7, 11) is 0. The average Bonchev–Trinajstić information content (AvgIpc) is 3.18. The van der Waals surface area contributed by atoms with Gasteiger partial charge in [-0.1, -0.05) is 13.3 Å². The number of alkyl halides is 2. The largest absolute Gasteiger partial charge is 0.345 e. The van der Waals surface area contributed by atoms with E-state index in [2.05, 4.69) is 16.9 Å². The van der Waals surface area contributed by atoms with Gasteiger partial charge in [-0.2, -0.15) is 0 Å². The van der Waals surface area contributed by atoms with Crippen molar-refractivity contribution in [3.05, 3.63) is 23.9 Å². The van der Waals surface area contributed by atoms with Crippen LogP contribution in [0.2, 0.25) is 0 Å². The van der Waals surface area contributed by atoms with Crippen molar-refractivity contribution < 1.29 is 8.78 Å². The maximum absolute atomic E-state index is 13.2. The summed E-state index contributed by atoms with van der Waals surface area (Å²) in [5, 5.41) is 16.9. The number of aromatic amines is 1. The quantitative estimate of drug-likeness (QED) is 0.588. The van der Waals surface area contributed by atoms with E-state index in [1.807, 2.05) is 11.0 Å². The first-order valence-corrected chi connectivity index (χ1v) is 8.70. The van der Waals surface area contributed by atoms with E-state index in [0.717, 1.165) is 12.8 Å². The topological polar surface area (TPSA) is 84.6 Å². The molecular formula is C17H22F2N6. The molecule has 3 heterocycles. The van der Waals surface area contributed by atoms with Gasteiger partial charge in [0.1, 0.15) is 11.3 Å². The molecule has 0 radical (unpaired) electrons. The van der Waals surface area contributed by atoms with Crippen molar-refractivity contribution in [1.82, 2.24) is 19.4 Å². The van der Waals surface area contributed by atoms with Gasteiger partial charge >= 0.3 is 0 Å². The number of nitrogens with one attached hydrogen (secondary N) is 3. The molecule has 0 unspecified atom stereocenters. The normalized spacial score (nSPS) is 29.0. The lowest BCUT2D eigenvalue weighted by Crippen LogP contribution is -2.59. The van der Waals surface area contributed by atoms with Gasteiger partial charge in [0.15, 0.2) is 5.65 Å². The Hall–Kier alpha value is -2.09. The van der Waals surface area contributed by atoms with Crippen LogP contribution >= 0.6 is 0 Å². The Morgan fingerprint density at radius 3 is 2.84 bits per heavy atom. The molecule has 2 aromatic rings. The lowest BCUT2D eigenvalue weighted by molar-refractivity contribution is -0.145. The van der Waals surface area contributed by atoms with Crippen molar-refractivity contribution >= 4 is 17.0 Å². The summed E-state index contributed by atoms with van der Waals surface area (Å²) < 4.78 is 28.0. The van der Waals surface area contributed by atoms with E-state index in [0.29, 0.717) is 23.4 Å². The molecule has 2 aliphatic rings. The highest BCUT2D eigenvalue weighted by Gasteiger charge is 2.50. The molecule has 3 N–H and O–H groups in total. The fourth-order valence-electron chi connectivity index (χ4n) is 4.36. The van der Waals surface area contributed by atoms with Gasteiger partial charge in [-0.15, -0.1) is 0 Å². The molecule has 2 fully saturated rings. The molecule has 0 amide bonds. The monoisotopic (exact) mass is 348 g/mol. The van der Waals surface area contributed by atoms with Crippen LogP contribution in [0.1, 0.15) is 26.2 Å². The van der Waals surface area contributed by atoms with Gasteiger partial charge in [0.05, 0.1) is 24.8 Å². The Morgan fingerprint density at radius 2 is 2.16 bits per heavy atom. The highest BCUT2D eigenvalue weighted by molar-refractivity contribution is 5.91. The zero-order valence-electron chi connectivity index (χ0n) is 14.1. The molecule has 8 heteroatoms. The van der Waals surface area contributed by atoms with Crippen LogP contribution in [-0.2, 0) is 0 Å². The molecule has 3 atom stereocenters. The number of likely N-dealkylation sites (tertiary alicyclic amines) is 1. The summed E-state index contributed by atoms with van der Waals surface area (Å²) >= 11 is 0. The van der Waals surface area contributed by atoms with E-state index in [-0.39, 0.29) is 36.5 Å². The highest BCUT2D eigenvalue weighted by atomic mass is 19.3. The van der Waals surface area contributed by atoms with Gasteiger partial charge in [0.25, 0.3) is 5.92 Å². The zero-order valence-corrected chi connectivity index (χ0v) is 14.1. The third kappa shape index (κ3) is 2.68. The summed E-state index contributed by atoms with van der Waals surface area (Å²) in [6, 6.07) is 1.92. The highest BCUT2D eigenvalue weighted by Crippen LogP contribution is 2.41. The first-order chi connectivity index (χ1) is 11.9. The van der Waals surface area contributed by atoms with Crippen LogP contribution in [0, 0.1) is 22.7 Å². The minimum absolute atomic E-state index is 0.0289. The number of fused-ring (bicyclic) bond motifs is 1. The molecule has 134 valence electrons. The molecular weight excluding hydrogens is 326 g/mol. The number of halogens is 2. The van der Waals surface area contributed by atoms with Crippen LogP contribution in [-0.4, -0.2) is 50.3 Å². The molecule has 1 aliphatic heterocycles. The molecule has 0 spiro atoms. The van der Waals surface area contributed by atoms with Crippen molar-refractivity contribution in [2.24, 2.45) is 11.8 Å². The fraction of sp³-hybridized carbons (Fsp3) is 0.588. The maximum atomic E-state index is 13.2. The molecule has 1 aliphatic carbocycles. The van der Waals surface area contributed by atoms with Crippen molar-refractivity contribution in [2.75, 3.05) is 13.1 Å². The van der Waals surface area contributed by atoms with Gasteiger partial charge in [-0.3, -0.25) is 20.3 Å². The van der Waals surface area contributed by atoms with E-state index in [1.165, 1.54) is 6.20 Å². The Bertz CT molecular complexity index is 861. The van der Waals surface area contributed by atoms with E-state index in [1.54, 1.807) is 10.8 Å². The second-order valence-corrected chi connectivity index (χ2v) is 7.24. The first-order valence-electron chi connectivity index (χ1n) is 8.70. The molecule has 2 aromatic heterocycles. The lowest BCUT2D eigenvalue weighted by Gasteiger charge is -2.42. The van der Waals surface area contributed by atoms with Crippen molar-refractivity contribution in [2.45, 2.75) is 38.2 Å². The Labute approximate surface area is 143 Å². The minimum Gasteiger partial charge on any atom is -0.345 e.